The number of fused-ring (bicyclic) bond motifs is 1. The molecule has 1 aromatic heterocycles. The topological polar surface area (TPSA) is 168 Å². The molecule has 0 spiro atoms. The SMILES string of the molecule is COCC(NC(=O)C(NC(=O)C(C)(C)C=Cc1ccc2ccc(C(C)OC(C)O)nc2c1)C(C)C)C(=O)N1CCCC(C(=O)OCC(Cl)(Cl)Cl)N1. The monoisotopic (exact) mass is 771 g/mol. The average molecular weight is 773 g/mol. The van der Waals surface area contributed by atoms with Crippen molar-refractivity contribution in [3.05, 3.63) is 47.7 Å². The van der Waals surface area contributed by atoms with Crippen molar-refractivity contribution in [1.82, 2.24) is 26.1 Å². The fraction of sp³-hybridized carbons (Fsp3) is 0.571. The van der Waals surface area contributed by atoms with E-state index in [1.54, 1.807) is 33.8 Å². The number of nitrogens with zero attached hydrogens (tertiary/aromatic N) is 2. The second-order valence-corrected chi connectivity index (χ2v) is 15.9. The third kappa shape index (κ3) is 12.8. The minimum Gasteiger partial charge on any atom is -0.460 e. The Morgan fingerprint density at radius 3 is 2.41 bits per heavy atom. The van der Waals surface area contributed by atoms with Crippen LogP contribution in [-0.2, 0) is 33.4 Å². The number of hydrazine groups is 1. The van der Waals surface area contributed by atoms with Gasteiger partial charge in [-0.3, -0.25) is 29.2 Å². The summed E-state index contributed by atoms with van der Waals surface area (Å²) in [5.41, 5.74) is 4.01. The second-order valence-electron chi connectivity index (χ2n) is 13.4. The Morgan fingerprint density at radius 1 is 1.10 bits per heavy atom. The maximum absolute atomic E-state index is 13.6. The summed E-state index contributed by atoms with van der Waals surface area (Å²) in [4.78, 5) is 57.9. The summed E-state index contributed by atoms with van der Waals surface area (Å²) in [6, 6.07) is 6.53. The lowest BCUT2D eigenvalue weighted by Crippen LogP contribution is -2.62. The molecular weight excluding hydrogens is 725 g/mol. The Kier molecular flexibility index (Phi) is 15.5. The molecule has 2 aromatic rings. The van der Waals surface area contributed by atoms with E-state index >= 15 is 0 Å². The molecule has 1 aliphatic rings. The van der Waals surface area contributed by atoms with Crippen LogP contribution in [0.15, 0.2) is 36.4 Å². The summed E-state index contributed by atoms with van der Waals surface area (Å²) in [6.07, 6.45) is 3.08. The predicted octanol–water partition coefficient (Wildman–Crippen LogP) is 4.37. The van der Waals surface area contributed by atoms with Crippen LogP contribution in [0.25, 0.3) is 17.0 Å². The van der Waals surface area contributed by atoms with E-state index in [0.717, 1.165) is 16.5 Å². The van der Waals surface area contributed by atoms with Crippen LogP contribution in [0, 0.1) is 11.3 Å². The van der Waals surface area contributed by atoms with E-state index < -0.39 is 70.0 Å². The van der Waals surface area contributed by atoms with Gasteiger partial charge >= 0.3 is 5.97 Å². The molecular formula is C35H48Cl3N5O8. The number of pyridine rings is 1. The van der Waals surface area contributed by atoms with Gasteiger partial charge in [0.2, 0.25) is 15.6 Å². The molecule has 13 nitrogen and oxygen atoms in total. The Balaban J connectivity index is 1.68. The summed E-state index contributed by atoms with van der Waals surface area (Å²) in [5, 5.41) is 17.3. The summed E-state index contributed by atoms with van der Waals surface area (Å²) in [5.74, 6) is -2.54. The second kappa shape index (κ2) is 18.6. The van der Waals surface area contributed by atoms with Gasteiger partial charge in [-0.1, -0.05) is 79.0 Å². The van der Waals surface area contributed by atoms with E-state index in [1.165, 1.54) is 19.0 Å². The molecule has 1 aliphatic heterocycles. The summed E-state index contributed by atoms with van der Waals surface area (Å²) in [6.45, 7) is 10.0. The molecule has 5 atom stereocenters. The molecule has 5 unspecified atom stereocenters. The third-order valence-corrected chi connectivity index (χ3v) is 8.46. The van der Waals surface area contributed by atoms with Gasteiger partial charge < -0.3 is 30.0 Å². The number of benzene rings is 1. The van der Waals surface area contributed by atoms with Crippen molar-refractivity contribution in [1.29, 1.82) is 0 Å². The van der Waals surface area contributed by atoms with E-state index in [9.17, 15) is 24.3 Å². The lowest BCUT2D eigenvalue weighted by atomic mass is 9.89. The van der Waals surface area contributed by atoms with E-state index in [4.69, 9.17) is 49.0 Å². The molecule has 282 valence electrons. The fourth-order valence-corrected chi connectivity index (χ4v) is 5.41. The predicted molar refractivity (Wildman–Crippen MR) is 195 cm³/mol. The highest BCUT2D eigenvalue weighted by atomic mass is 35.6. The van der Waals surface area contributed by atoms with Crippen molar-refractivity contribution >= 4 is 75.5 Å². The highest BCUT2D eigenvalue weighted by Crippen LogP contribution is 2.27. The maximum atomic E-state index is 13.6. The van der Waals surface area contributed by atoms with Gasteiger partial charge in [-0.2, -0.15) is 0 Å². The fourth-order valence-electron chi connectivity index (χ4n) is 5.25. The van der Waals surface area contributed by atoms with Gasteiger partial charge in [-0.25, -0.2) is 5.43 Å². The van der Waals surface area contributed by atoms with E-state index in [2.05, 4.69) is 21.0 Å². The van der Waals surface area contributed by atoms with Gasteiger partial charge in [0, 0.05) is 19.0 Å². The minimum atomic E-state index is -1.78. The molecule has 2 heterocycles. The third-order valence-electron chi connectivity index (χ3n) is 8.13. The van der Waals surface area contributed by atoms with Crippen LogP contribution in [0.2, 0.25) is 0 Å². The lowest BCUT2D eigenvalue weighted by molar-refractivity contribution is -0.153. The van der Waals surface area contributed by atoms with Gasteiger partial charge in [0.15, 0.2) is 6.29 Å². The van der Waals surface area contributed by atoms with E-state index in [1.807, 2.05) is 43.3 Å². The number of aliphatic hydroxyl groups is 1. The Morgan fingerprint density at radius 2 is 1.78 bits per heavy atom. The number of carbonyl (C=O) groups is 4. The number of nitrogens with one attached hydrogen (secondary N) is 3. The number of methoxy groups -OCH3 is 1. The van der Waals surface area contributed by atoms with Crippen LogP contribution >= 0.6 is 34.8 Å². The van der Waals surface area contributed by atoms with Gasteiger partial charge in [0.25, 0.3) is 5.91 Å². The summed E-state index contributed by atoms with van der Waals surface area (Å²) < 4.78 is 14.0. The molecule has 51 heavy (non-hydrogen) atoms. The summed E-state index contributed by atoms with van der Waals surface area (Å²) in [7, 11) is 1.39. The molecule has 1 fully saturated rings. The average Bonchev–Trinajstić information content (AvgIpc) is 3.06. The molecule has 3 amide bonds. The zero-order valence-electron chi connectivity index (χ0n) is 29.9. The molecule has 0 aliphatic carbocycles. The van der Waals surface area contributed by atoms with Crippen molar-refractivity contribution in [2.24, 2.45) is 11.3 Å². The number of carbonyl (C=O) groups excluding carboxylic acids is 4. The standard InChI is InChI=1S/C35H48Cl3N5O8/c1-20(2)29(30(45)40-28(18-49-7)31(46)43-16-8-9-26(42-43)32(47)50-19-35(36,37)38)41-33(48)34(5,6)15-14-23-10-11-24-12-13-25(39-27(24)17-23)21(3)51-22(4)44/h10-15,17,20-22,26,28-29,42,44H,8-9,16,18-19H2,1-7H3,(H,40,45)(H,41,48). The number of hydrogen-bond acceptors (Lipinski definition) is 10. The van der Waals surface area contributed by atoms with E-state index in [0.29, 0.717) is 18.5 Å². The maximum Gasteiger partial charge on any atom is 0.325 e. The number of aromatic nitrogens is 1. The Labute approximate surface area is 313 Å². The van der Waals surface area contributed by atoms with Crippen LogP contribution < -0.4 is 16.1 Å². The number of halogens is 3. The first kappa shape index (κ1) is 42.4. The molecule has 16 heteroatoms. The number of ether oxygens (including phenoxy) is 3. The minimum absolute atomic E-state index is 0.160. The van der Waals surface area contributed by atoms with Crippen molar-refractivity contribution in [3.8, 4) is 0 Å². The Hall–Kier alpha value is -3.04. The van der Waals surface area contributed by atoms with Crippen LogP contribution in [0.1, 0.15) is 71.7 Å². The number of hydrogen-bond donors (Lipinski definition) is 4. The lowest BCUT2D eigenvalue weighted by Gasteiger charge is -2.35. The number of rotatable bonds is 15. The van der Waals surface area contributed by atoms with Gasteiger partial charge in [-0.15, -0.1) is 0 Å². The molecule has 1 aromatic carbocycles. The van der Waals surface area contributed by atoms with Crippen molar-refractivity contribution in [2.75, 3.05) is 26.9 Å². The number of aliphatic hydroxyl groups excluding tert-OH is 1. The molecule has 0 bridgehead atoms. The largest absolute Gasteiger partial charge is 0.460 e. The Bertz CT molecular complexity index is 1570. The van der Waals surface area contributed by atoms with Crippen molar-refractivity contribution < 1.29 is 38.5 Å². The number of esters is 1. The van der Waals surface area contributed by atoms with E-state index in [-0.39, 0.29) is 19.1 Å². The molecule has 0 radical (unpaired) electrons. The van der Waals surface area contributed by atoms with Crippen molar-refractivity contribution in [2.45, 2.75) is 88.7 Å². The van der Waals surface area contributed by atoms with Crippen LogP contribution in [0.3, 0.4) is 0 Å². The normalized spacial score (nSPS) is 18.0. The first-order chi connectivity index (χ1) is 23.8. The van der Waals surface area contributed by atoms with Gasteiger partial charge in [0.1, 0.15) is 24.7 Å². The molecule has 3 rings (SSSR count). The molecule has 4 N–H and O–H groups in total. The molecule has 0 saturated carbocycles. The van der Waals surface area contributed by atoms with Crippen molar-refractivity contribution in [3.63, 3.8) is 0 Å². The molecule has 1 saturated heterocycles. The number of alkyl halides is 3. The van der Waals surface area contributed by atoms with Gasteiger partial charge in [0.05, 0.1) is 29.3 Å². The van der Waals surface area contributed by atoms with Crippen LogP contribution in [0.5, 0.6) is 0 Å². The first-order valence-electron chi connectivity index (χ1n) is 16.7. The highest BCUT2D eigenvalue weighted by Gasteiger charge is 2.37. The number of amides is 3. The zero-order valence-corrected chi connectivity index (χ0v) is 32.1. The van der Waals surface area contributed by atoms with Crippen LogP contribution in [-0.4, -0.2) is 93.9 Å². The van der Waals surface area contributed by atoms with Crippen LogP contribution in [0.4, 0.5) is 0 Å². The summed E-state index contributed by atoms with van der Waals surface area (Å²) >= 11 is 17.0. The first-order valence-corrected chi connectivity index (χ1v) is 17.8. The quantitative estimate of drug-likeness (QED) is 0.116. The highest BCUT2D eigenvalue weighted by molar-refractivity contribution is 6.67. The smallest absolute Gasteiger partial charge is 0.325 e. The zero-order chi connectivity index (χ0) is 38.1. The van der Waals surface area contributed by atoms with Gasteiger partial charge in [-0.05, 0) is 64.2 Å².